The quantitative estimate of drug-likeness (QED) is 0.301. The molecule has 30 heavy (non-hydrogen) atoms. The lowest BCUT2D eigenvalue weighted by Gasteiger charge is -2.44. The normalized spacial score (nSPS) is 19.9. The predicted molar refractivity (Wildman–Crippen MR) is 113 cm³/mol. The molecule has 0 aromatic carbocycles. The van der Waals surface area contributed by atoms with Crippen LogP contribution in [0.25, 0.3) is 0 Å². The Kier molecular flexibility index (Phi) is 10.5. The van der Waals surface area contributed by atoms with Gasteiger partial charge in [-0.1, -0.05) is 13.8 Å². The van der Waals surface area contributed by atoms with E-state index in [4.69, 9.17) is 14.6 Å². The first-order valence-electron chi connectivity index (χ1n) is 9.81. The molecule has 1 aliphatic heterocycles. The van der Waals surface area contributed by atoms with E-state index in [1.807, 2.05) is 13.8 Å². The van der Waals surface area contributed by atoms with Crippen LogP contribution in [0.15, 0.2) is 12.2 Å². The lowest BCUT2D eigenvalue weighted by atomic mass is 9.85. The number of ketones is 1. The first-order chi connectivity index (χ1) is 13.9. The van der Waals surface area contributed by atoms with Crippen molar-refractivity contribution in [2.24, 2.45) is 5.41 Å². The van der Waals surface area contributed by atoms with Gasteiger partial charge in [0, 0.05) is 48.9 Å². The van der Waals surface area contributed by atoms with Crippen molar-refractivity contribution in [1.82, 2.24) is 10.6 Å². The highest BCUT2D eigenvalue weighted by molar-refractivity contribution is 7.99. The molecule has 1 aliphatic rings. The van der Waals surface area contributed by atoms with Gasteiger partial charge in [-0.3, -0.25) is 14.4 Å². The minimum atomic E-state index is -1.15. The third-order valence-electron chi connectivity index (χ3n) is 4.27. The van der Waals surface area contributed by atoms with Crippen LogP contribution in [-0.4, -0.2) is 71.8 Å². The summed E-state index contributed by atoms with van der Waals surface area (Å²) in [4.78, 5) is 46.0. The summed E-state index contributed by atoms with van der Waals surface area (Å²) in [6.45, 7) is 8.37. The molecule has 1 atom stereocenters. The van der Waals surface area contributed by atoms with Gasteiger partial charge in [-0.05, 0) is 19.9 Å². The number of amides is 2. The number of hydrogen-bond donors (Lipinski definition) is 3. The molecule has 0 bridgehead atoms. The van der Waals surface area contributed by atoms with Crippen molar-refractivity contribution >= 4 is 35.3 Å². The predicted octanol–water partition coefficient (Wildman–Crippen LogP) is 1.12. The molecule has 0 radical (unpaired) electrons. The number of hydrogen-bond acceptors (Lipinski definition) is 7. The topological polar surface area (TPSA) is 131 Å². The van der Waals surface area contributed by atoms with Gasteiger partial charge in [-0.25, -0.2) is 4.79 Å². The van der Waals surface area contributed by atoms with Crippen molar-refractivity contribution in [3.05, 3.63) is 12.2 Å². The monoisotopic (exact) mass is 444 g/mol. The van der Waals surface area contributed by atoms with Crippen molar-refractivity contribution < 1.29 is 33.8 Å². The Morgan fingerprint density at radius 2 is 1.73 bits per heavy atom. The summed E-state index contributed by atoms with van der Waals surface area (Å²) in [6.07, 6.45) is 1.61. The number of carboxylic acid groups (broad SMARTS) is 1. The lowest BCUT2D eigenvalue weighted by molar-refractivity contribution is -0.304. The Labute approximate surface area is 181 Å². The first kappa shape index (κ1) is 26.1. The van der Waals surface area contributed by atoms with Crippen molar-refractivity contribution in [3.8, 4) is 0 Å². The molecule has 1 saturated heterocycles. The lowest BCUT2D eigenvalue weighted by Crippen LogP contribution is -2.56. The van der Waals surface area contributed by atoms with Crippen molar-refractivity contribution in [1.29, 1.82) is 0 Å². The first-order valence-corrected chi connectivity index (χ1v) is 11.0. The van der Waals surface area contributed by atoms with Crippen LogP contribution in [0.3, 0.4) is 0 Å². The zero-order valence-electron chi connectivity index (χ0n) is 18.0. The highest BCUT2D eigenvalue weighted by Gasteiger charge is 2.45. The molecular weight excluding hydrogens is 412 g/mol. The third kappa shape index (κ3) is 10.2. The Balaban J connectivity index is 2.16. The highest BCUT2D eigenvalue weighted by Crippen LogP contribution is 2.34. The average molecular weight is 445 g/mol. The number of nitrogens with one attached hydrogen (secondary N) is 2. The molecule has 0 aromatic rings. The van der Waals surface area contributed by atoms with Crippen LogP contribution in [0.2, 0.25) is 0 Å². The Morgan fingerprint density at radius 3 is 2.40 bits per heavy atom. The van der Waals surface area contributed by atoms with Crippen LogP contribution in [0.5, 0.6) is 0 Å². The number of thioether (sulfide) groups is 1. The van der Waals surface area contributed by atoms with E-state index in [2.05, 4.69) is 10.6 Å². The summed E-state index contributed by atoms with van der Waals surface area (Å²) in [6, 6.07) is 0. The molecule has 0 saturated carbocycles. The largest absolute Gasteiger partial charge is 0.478 e. The number of rotatable bonds is 12. The van der Waals surface area contributed by atoms with E-state index in [1.165, 1.54) is 11.8 Å². The minimum Gasteiger partial charge on any atom is -0.478 e. The van der Waals surface area contributed by atoms with Crippen LogP contribution in [0, 0.1) is 5.41 Å². The van der Waals surface area contributed by atoms with Crippen molar-refractivity contribution in [2.75, 3.05) is 31.2 Å². The Hall–Kier alpha value is -1.91. The number of aliphatic carboxylic acids is 1. The van der Waals surface area contributed by atoms with E-state index < -0.39 is 23.3 Å². The highest BCUT2D eigenvalue weighted by atomic mass is 32.2. The van der Waals surface area contributed by atoms with Gasteiger partial charge in [0.25, 0.3) is 0 Å². The van der Waals surface area contributed by atoms with Crippen molar-refractivity contribution in [2.45, 2.75) is 52.4 Å². The minimum absolute atomic E-state index is 0.155. The summed E-state index contributed by atoms with van der Waals surface area (Å²) >= 11 is 1.49. The average Bonchev–Trinajstić information content (AvgIpc) is 2.65. The Morgan fingerprint density at radius 1 is 1.03 bits per heavy atom. The van der Waals surface area contributed by atoms with Gasteiger partial charge in [0.1, 0.15) is 6.10 Å². The number of allylic oxidation sites excluding steroid dienone is 1. The summed E-state index contributed by atoms with van der Waals surface area (Å²) in [5, 5.41) is 13.9. The molecule has 0 spiro atoms. The second-order valence-corrected chi connectivity index (χ2v) is 9.29. The SMILES string of the molecule is CC1(C)OCC(C)(C)[C@H](C(=O)NCCC(=O)NCCSCCC(=O)C=CC(=O)O)O1. The second kappa shape index (κ2) is 12.1. The molecule has 10 heteroatoms. The van der Waals surface area contributed by atoms with Crippen molar-refractivity contribution in [3.63, 3.8) is 0 Å². The van der Waals surface area contributed by atoms with E-state index in [9.17, 15) is 19.2 Å². The Bertz CT molecular complexity index is 662. The van der Waals surface area contributed by atoms with E-state index >= 15 is 0 Å². The second-order valence-electron chi connectivity index (χ2n) is 8.07. The summed E-state index contributed by atoms with van der Waals surface area (Å²) in [5.41, 5.74) is -0.468. The van der Waals surface area contributed by atoms with E-state index in [0.717, 1.165) is 12.2 Å². The zero-order chi connectivity index (χ0) is 22.8. The number of ether oxygens (including phenoxy) is 2. The number of carbonyl (C=O) groups is 4. The van der Waals surface area contributed by atoms with E-state index in [0.29, 0.717) is 24.7 Å². The molecule has 170 valence electrons. The standard InChI is InChI=1S/C20H32N2O7S/c1-19(2)13-28-20(3,4)29-17(19)18(27)22-9-7-15(24)21-10-12-30-11-8-14(23)5-6-16(25)26/h5-6,17H,7-13H2,1-4H3,(H,21,24)(H,22,27)(H,25,26)/t17-/m0/s1. The molecule has 1 fully saturated rings. The molecule has 2 amide bonds. The molecule has 0 aliphatic carbocycles. The third-order valence-corrected chi connectivity index (χ3v) is 5.25. The summed E-state index contributed by atoms with van der Waals surface area (Å²) in [7, 11) is 0. The molecular formula is C20H32N2O7S. The zero-order valence-corrected chi connectivity index (χ0v) is 18.8. The van der Waals surface area contributed by atoms with Crippen LogP contribution in [0.1, 0.15) is 40.5 Å². The molecule has 9 nitrogen and oxygen atoms in total. The van der Waals surface area contributed by atoms with Gasteiger partial charge >= 0.3 is 5.97 Å². The number of carbonyl (C=O) groups excluding carboxylic acids is 3. The van der Waals surface area contributed by atoms with Crippen LogP contribution in [-0.2, 0) is 28.7 Å². The van der Waals surface area contributed by atoms with Gasteiger partial charge in [-0.15, -0.1) is 0 Å². The summed E-state index contributed by atoms with van der Waals surface area (Å²) < 4.78 is 11.4. The van der Waals surface area contributed by atoms with Gasteiger partial charge in [-0.2, -0.15) is 11.8 Å². The van der Waals surface area contributed by atoms with Gasteiger partial charge in [0.2, 0.25) is 11.8 Å². The molecule has 1 rings (SSSR count). The van der Waals surface area contributed by atoms with Crippen LogP contribution >= 0.6 is 11.8 Å². The smallest absolute Gasteiger partial charge is 0.328 e. The molecule has 3 N–H and O–H groups in total. The van der Waals surface area contributed by atoms with Gasteiger partial charge in [0.05, 0.1) is 6.61 Å². The maximum atomic E-state index is 12.5. The maximum Gasteiger partial charge on any atom is 0.328 e. The maximum absolute atomic E-state index is 12.5. The van der Waals surface area contributed by atoms with E-state index in [-0.39, 0.29) is 37.0 Å². The summed E-state index contributed by atoms with van der Waals surface area (Å²) in [5.74, 6) is -1.49. The van der Waals surface area contributed by atoms with Gasteiger partial charge < -0.3 is 25.2 Å². The molecule has 1 heterocycles. The van der Waals surface area contributed by atoms with E-state index in [1.54, 1.807) is 13.8 Å². The number of carboxylic acids is 1. The fourth-order valence-electron chi connectivity index (χ4n) is 2.59. The fraction of sp³-hybridized carbons (Fsp3) is 0.700. The van der Waals surface area contributed by atoms with Crippen LogP contribution < -0.4 is 10.6 Å². The molecule has 0 unspecified atom stereocenters. The van der Waals surface area contributed by atoms with Gasteiger partial charge in [0.15, 0.2) is 11.6 Å². The fourth-order valence-corrected chi connectivity index (χ4v) is 3.38. The molecule has 0 aromatic heterocycles. The van der Waals surface area contributed by atoms with Crippen LogP contribution in [0.4, 0.5) is 0 Å².